The summed E-state index contributed by atoms with van der Waals surface area (Å²) in [4.78, 5) is 21.7. The zero-order chi connectivity index (χ0) is 28.3. The Morgan fingerprint density at radius 2 is 1.70 bits per heavy atom. The molecule has 3 aromatic rings. The number of anilines is 1. The fraction of sp³-hybridized carbons (Fsp3) is 0.400. The minimum absolute atomic E-state index is 0.0152. The van der Waals surface area contributed by atoms with Crippen molar-refractivity contribution in [1.29, 1.82) is 0 Å². The molecule has 5 rings (SSSR count). The first kappa shape index (κ1) is 27.9. The fourth-order valence-electron chi connectivity index (χ4n) is 5.62. The summed E-state index contributed by atoms with van der Waals surface area (Å²) in [7, 11) is 0. The topological polar surface area (TPSA) is 71.7 Å². The number of nitrogen functional groups attached to an aromatic ring is 1. The minimum atomic E-state index is -4.81. The molecular weight excluding hydrogens is 524 g/mol. The summed E-state index contributed by atoms with van der Waals surface area (Å²) in [5, 5.41) is 0. The molecule has 1 aromatic heterocycles. The van der Waals surface area contributed by atoms with Crippen LogP contribution in [0.4, 0.5) is 23.4 Å². The van der Waals surface area contributed by atoms with Crippen molar-refractivity contribution >= 4 is 11.7 Å². The monoisotopic (exact) mass is 556 g/mol. The van der Waals surface area contributed by atoms with Crippen LogP contribution in [-0.2, 0) is 12.6 Å². The molecule has 212 valence electrons. The third kappa shape index (κ3) is 6.22. The van der Waals surface area contributed by atoms with Crippen LogP contribution in [0.25, 0.3) is 11.1 Å². The van der Waals surface area contributed by atoms with Crippen molar-refractivity contribution in [3.8, 4) is 16.9 Å². The highest BCUT2D eigenvalue weighted by Crippen LogP contribution is 2.35. The molecule has 6 nitrogen and oxygen atoms in total. The van der Waals surface area contributed by atoms with Crippen LogP contribution in [0.2, 0.25) is 0 Å². The quantitative estimate of drug-likeness (QED) is 0.372. The number of nitrogens with two attached hydrogens (primary N) is 1. The van der Waals surface area contributed by atoms with E-state index in [-0.39, 0.29) is 36.1 Å². The number of hydrogen-bond donors (Lipinski definition) is 1. The van der Waals surface area contributed by atoms with Crippen LogP contribution in [0, 0.1) is 5.82 Å². The van der Waals surface area contributed by atoms with E-state index in [1.807, 2.05) is 17.0 Å². The second kappa shape index (κ2) is 11.8. The summed E-state index contributed by atoms with van der Waals surface area (Å²) in [5.74, 6) is -1.00. The van der Waals surface area contributed by atoms with Crippen molar-refractivity contribution in [2.45, 2.75) is 44.3 Å². The van der Waals surface area contributed by atoms with E-state index in [0.717, 1.165) is 37.6 Å². The lowest BCUT2D eigenvalue weighted by Crippen LogP contribution is -2.45. The number of amides is 1. The van der Waals surface area contributed by atoms with E-state index in [0.29, 0.717) is 17.2 Å². The lowest BCUT2D eigenvalue weighted by molar-refractivity contribution is -0.140. The Hall–Kier alpha value is -3.66. The molecule has 0 unspecified atom stereocenters. The van der Waals surface area contributed by atoms with Gasteiger partial charge in [-0.1, -0.05) is 24.3 Å². The Bertz CT molecular complexity index is 1330. The third-order valence-electron chi connectivity index (χ3n) is 7.77. The maximum absolute atomic E-state index is 13.8. The Labute approximate surface area is 230 Å². The molecule has 0 saturated carbocycles. The number of ether oxygens (including phenoxy) is 1. The summed E-state index contributed by atoms with van der Waals surface area (Å²) in [6, 6.07) is 12.7. The molecule has 0 bridgehead atoms. The molecule has 0 atom stereocenters. The van der Waals surface area contributed by atoms with Gasteiger partial charge < -0.3 is 20.3 Å². The van der Waals surface area contributed by atoms with Crippen molar-refractivity contribution in [3.05, 3.63) is 77.2 Å². The zero-order valence-corrected chi connectivity index (χ0v) is 22.1. The lowest BCUT2D eigenvalue weighted by Gasteiger charge is -2.36. The van der Waals surface area contributed by atoms with Gasteiger partial charge in [-0.25, -0.2) is 9.37 Å². The van der Waals surface area contributed by atoms with Crippen LogP contribution >= 0.6 is 0 Å². The Morgan fingerprint density at radius 1 is 1.00 bits per heavy atom. The number of piperidine rings is 1. The second-order valence-electron chi connectivity index (χ2n) is 10.3. The number of alkyl halides is 3. The fourth-order valence-corrected chi connectivity index (χ4v) is 5.62. The molecule has 40 heavy (non-hydrogen) atoms. The van der Waals surface area contributed by atoms with Gasteiger partial charge >= 0.3 is 6.18 Å². The first-order valence-corrected chi connectivity index (χ1v) is 13.6. The Balaban J connectivity index is 1.21. The molecule has 2 aliphatic heterocycles. The van der Waals surface area contributed by atoms with Crippen molar-refractivity contribution in [3.63, 3.8) is 0 Å². The molecule has 0 spiro atoms. The molecule has 1 amide bonds. The number of benzene rings is 2. The summed E-state index contributed by atoms with van der Waals surface area (Å²) >= 11 is 0. The number of carbonyl (C=O) groups is 1. The van der Waals surface area contributed by atoms with Crippen molar-refractivity contribution in [2.75, 3.05) is 38.5 Å². The summed E-state index contributed by atoms with van der Waals surface area (Å²) in [5.41, 5.74) is 6.52. The molecule has 2 aliphatic rings. The summed E-state index contributed by atoms with van der Waals surface area (Å²) < 4.78 is 59.4. The number of aromatic nitrogens is 1. The highest BCUT2D eigenvalue weighted by atomic mass is 19.4. The van der Waals surface area contributed by atoms with E-state index in [1.165, 1.54) is 38.1 Å². The van der Waals surface area contributed by atoms with Gasteiger partial charge in [0.25, 0.3) is 5.91 Å². The molecule has 0 radical (unpaired) electrons. The SMILES string of the molecule is Nc1ncc(-c2ccc(C(=O)N3CCC(N4CCCC4)CC3)cc2)cc1OCCc1cccc(F)c1C(F)(F)F. The Kier molecular flexibility index (Phi) is 8.25. The van der Waals surface area contributed by atoms with Crippen LogP contribution in [0.5, 0.6) is 5.75 Å². The first-order valence-electron chi connectivity index (χ1n) is 13.6. The number of carbonyl (C=O) groups excluding carboxylic acids is 1. The van der Waals surface area contributed by atoms with Crippen molar-refractivity contribution < 1.29 is 27.1 Å². The van der Waals surface area contributed by atoms with Crippen LogP contribution in [0.15, 0.2) is 54.7 Å². The predicted octanol–water partition coefficient (Wildman–Crippen LogP) is 5.81. The van der Waals surface area contributed by atoms with Gasteiger partial charge in [-0.15, -0.1) is 0 Å². The lowest BCUT2D eigenvalue weighted by atomic mass is 10.0. The maximum atomic E-state index is 13.8. The van der Waals surface area contributed by atoms with Gasteiger partial charge in [0.05, 0.1) is 12.2 Å². The van der Waals surface area contributed by atoms with E-state index in [4.69, 9.17) is 10.5 Å². The van der Waals surface area contributed by atoms with Gasteiger partial charge in [0.2, 0.25) is 0 Å². The smallest absolute Gasteiger partial charge is 0.419 e. The summed E-state index contributed by atoms with van der Waals surface area (Å²) in [6.07, 6.45) is 1.12. The number of pyridine rings is 1. The van der Waals surface area contributed by atoms with E-state index in [2.05, 4.69) is 9.88 Å². The van der Waals surface area contributed by atoms with Gasteiger partial charge in [-0.3, -0.25) is 4.79 Å². The third-order valence-corrected chi connectivity index (χ3v) is 7.77. The van der Waals surface area contributed by atoms with Gasteiger partial charge in [-0.2, -0.15) is 13.2 Å². The molecule has 2 N–H and O–H groups in total. The number of halogens is 4. The highest BCUT2D eigenvalue weighted by molar-refractivity contribution is 5.94. The van der Waals surface area contributed by atoms with Crippen LogP contribution in [-0.4, -0.2) is 59.5 Å². The van der Waals surface area contributed by atoms with Crippen LogP contribution in [0.3, 0.4) is 0 Å². The summed E-state index contributed by atoms with van der Waals surface area (Å²) in [6.45, 7) is 3.69. The number of hydrogen-bond acceptors (Lipinski definition) is 5. The van der Waals surface area contributed by atoms with E-state index in [1.54, 1.807) is 24.4 Å². The van der Waals surface area contributed by atoms with Gasteiger partial charge in [0.15, 0.2) is 11.6 Å². The molecule has 3 heterocycles. The van der Waals surface area contributed by atoms with Crippen molar-refractivity contribution in [2.24, 2.45) is 0 Å². The standard InChI is InChI=1S/C30H32F4N4O2/c31-25-5-3-4-21(27(25)30(32,33)34)12-17-40-26-18-23(19-36-28(26)35)20-6-8-22(9-7-20)29(39)38-15-10-24(11-16-38)37-13-1-2-14-37/h3-9,18-19,24H,1-2,10-17H2,(H2,35,36). The number of rotatable bonds is 7. The van der Waals surface area contributed by atoms with E-state index < -0.39 is 17.6 Å². The van der Waals surface area contributed by atoms with Crippen molar-refractivity contribution in [1.82, 2.24) is 14.8 Å². The molecule has 2 fully saturated rings. The molecule has 2 aromatic carbocycles. The van der Waals surface area contributed by atoms with E-state index in [9.17, 15) is 22.4 Å². The van der Waals surface area contributed by atoms with Crippen LogP contribution < -0.4 is 10.5 Å². The van der Waals surface area contributed by atoms with Gasteiger partial charge in [0, 0.05) is 42.9 Å². The average Bonchev–Trinajstić information content (AvgIpc) is 3.48. The molecule has 0 aliphatic carbocycles. The second-order valence-corrected chi connectivity index (χ2v) is 10.3. The zero-order valence-electron chi connectivity index (χ0n) is 22.1. The average molecular weight is 557 g/mol. The van der Waals surface area contributed by atoms with Gasteiger partial charge in [0.1, 0.15) is 5.82 Å². The first-order chi connectivity index (χ1) is 19.2. The number of nitrogens with zero attached hydrogens (tertiary/aromatic N) is 3. The molecular formula is C30H32F4N4O2. The highest BCUT2D eigenvalue weighted by Gasteiger charge is 2.36. The minimum Gasteiger partial charge on any atom is -0.489 e. The van der Waals surface area contributed by atoms with E-state index >= 15 is 0 Å². The Morgan fingerprint density at radius 3 is 2.38 bits per heavy atom. The predicted molar refractivity (Wildman–Crippen MR) is 144 cm³/mol. The molecule has 10 heteroatoms. The van der Waals surface area contributed by atoms with Crippen LogP contribution in [0.1, 0.15) is 47.2 Å². The maximum Gasteiger partial charge on any atom is 0.419 e. The largest absolute Gasteiger partial charge is 0.489 e. The normalized spacial score (nSPS) is 16.9. The molecule has 2 saturated heterocycles. The van der Waals surface area contributed by atoms with Gasteiger partial charge in [-0.05, 0) is 74.2 Å². The number of likely N-dealkylation sites (tertiary alicyclic amines) is 2.